The number of rotatable bonds is 3. The monoisotopic (exact) mass is 246 g/mol. The van der Waals surface area contributed by atoms with Gasteiger partial charge >= 0.3 is 0 Å². The quantitative estimate of drug-likeness (QED) is 0.635. The Labute approximate surface area is 109 Å². The van der Waals surface area contributed by atoms with Gasteiger partial charge in [-0.2, -0.15) is 0 Å². The summed E-state index contributed by atoms with van der Waals surface area (Å²) < 4.78 is 0. The normalized spacial score (nSPS) is 27.2. The molecule has 0 saturated heterocycles. The maximum Gasteiger partial charge on any atom is 0.161 e. The summed E-state index contributed by atoms with van der Waals surface area (Å²) in [6.07, 6.45) is 2.48. The minimum absolute atomic E-state index is 0.0157. The molecular formula is C15H22N2O. The number of carbonyl (C=O) groups excluding carboxylic acids is 1. The van der Waals surface area contributed by atoms with E-state index in [2.05, 4.69) is 19.2 Å². The number of anilines is 2. The highest BCUT2D eigenvalue weighted by atomic mass is 16.1. The average Bonchev–Trinajstić information content (AvgIpc) is 2.61. The summed E-state index contributed by atoms with van der Waals surface area (Å²) in [7, 11) is 0. The first-order valence-electron chi connectivity index (χ1n) is 6.66. The second-order valence-corrected chi connectivity index (χ2v) is 5.52. The number of carbonyl (C=O) groups is 1. The van der Waals surface area contributed by atoms with Gasteiger partial charge in [-0.1, -0.05) is 13.8 Å². The van der Waals surface area contributed by atoms with Crippen molar-refractivity contribution in [2.24, 2.45) is 11.8 Å². The number of ketones is 1. The summed E-state index contributed by atoms with van der Waals surface area (Å²) in [5, 5.41) is 3.54. The first-order valence-corrected chi connectivity index (χ1v) is 6.66. The van der Waals surface area contributed by atoms with Crippen molar-refractivity contribution in [3.63, 3.8) is 0 Å². The predicted octanol–water partition coefficient (Wildman–Crippen LogP) is 3.32. The van der Waals surface area contributed by atoms with Crippen LogP contribution in [0.4, 0.5) is 11.4 Å². The number of benzene rings is 1. The summed E-state index contributed by atoms with van der Waals surface area (Å²) in [5.41, 5.74) is 8.08. The van der Waals surface area contributed by atoms with Gasteiger partial charge in [-0.05, 0) is 49.8 Å². The van der Waals surface area contributed by atoms with Crippen LogP contribution >= 0.6 is 0 Å². The largest absolute Gasteiger partial charge is 0.398 e. The van der Waals surface area contributed by atoms with Crippen LogP contribution in [0.3, 0.4) is 0 Å². The molecule has 98 valence electrons. The Bertz CT molecular complexity index is 456. The molecule has 2 rings (SSSR count). The van der Waals surface area contributed by atoms with Crippen LogP contribution in [-0.2, 0) is 0 Å². The minimum atomic E-state index is 0.0157. The highest BCUT2D eigenvalue weighted by Gasteiger charge is 2.29. The van der Waals surface area contributed by atoms with Gasteiger partial charge < -0.3 is 11.1 Å². The van der Waals surface area contributed by atoms with Crippen LogP contribution in [0.5, 0.6) is 0 Å². The molecule has 1 aromatic carbocycles. The Hall–Kier alpha value is -1.51. The van der Waals surface area contributed by atoms with Crippen LogP contribution in [0.2, 0.25) is 0 Å². The molecule has 1 aliphatic rings. The van der Waals surface area contributed by atoms with E-state index in [1.807, 2.05) is 18.2 Å². The van der Waals surface area contributed by atoms with E-state index in [0.717, 1.165) is 11.6 Å². The third-order valence-corrected chi connectivity index (χ3v) is 4.25. The number of nitrogens with one attached hydrogen (secondary N) is 1. The summed E-state index contributed by atoms with van der Waals surface area (Å²) in [6.45, 7) is 6.14. The Balaban J connectivity index is 2.11. The Morgan fingerprint density at radius 2 is 2.06 bits per heavy atom. The lowest BCUT2D eigenvalue weighted by molar-refractivity contribution is 0.101. The van der Waals surface area contributed by atoms with Gasteiger partial charge in [0.15, 0.2) is 5.78 Å². The molecule has 1 aromatic rings. The molecule has 3 unspecified atom stereocenters. The molecule has 3 N–H and O–H groups in total. The van der Waals surface area contributed by atoms with Crippen LogP contribution < -0.4 is 11.1 Å². The molecule has 0 radical (unpaired) electrons. The fourth-order valence-electron chi connectivity index (χ4n) is 2.76. The zero-order valence-corrected chi connectivity index (χ0v) is 11.4. The first kappa shape index (κ1) is 12.9. The molecule has 3 heteroatoms. The molecule has 3 atom stereocenters. The maximum atomic E-state index is 11.3. The summed E-state index contributed by atoms with van der Waals surface area (Å²) >= 11 is 0. The van der Waals surface area contributed by atoms with Crippen molar-refractivity contribution in [2.75, 3.05) is 11.1 Å². The van der Waals surface area contributed by atoms with Crippen LogP contribution in [-0.4, -0.2) is 11.8 Å². The van der Waals surface area contributed by atoms with E-state index in [1.165, 1.54) is 12.8 Å². The number of hydrogen-bond acceptors (Lipinski definition) is 3. The van der Waals surface area contributed by atoms with Crippen molar-refractivity contribution in [3.05, 3.63) is 23.8 Å². The van der Waals surface area contributed by atoms with Crippen molar-refractivity contribution in [2.45, 2.75) is 39.7 Å². The SMILES string of the molecule is CC(=O)c1ccc(NC2CCC(C)C2C)cc1N. The molecule has 0 heterocycles. The Morgan fingerprint density at radius 1 is 1.33 bits per heavy atom. The topological polar surface area (TPSA) is 55.1 Å². The molecule has 1 saturated carbocycles. The van der Waals surface area contributed by atoms with Gasteiger partial charge in [-0.25, -0.2) is 0 Å². The first-order chi connectivity index (χ1) is 8.49. The molecule has 3 nitrogen and oxygen atoms in total. The van der Waals surface area contributed by atoms with Gasteiger partial charge in [0.1, 0.15) is 0 Å². The average molecular weight is 246 g/mol. The van der Waals surface area contributed by atoms with E-state index < -0.39 is 0 Å². The van der Waals surface area contributed by atoms with Gasteiger partial charge in [-0.15, -0.1) is 0 Å². The molecule has 0 bridgehead atoms. The van der Waals surface area contributed by atoms with Crippen LogP contribution in [0.1, 0.15) is 44.0 Å². The highest BCUT2D eigenvalue weighted by molar-refractivity contribution is 5.99. The van der Waals surface area contributed by atoms with Crippen molar-refractivity contribution < 1.29 is 4.79 Å². The van der Waals surface area contributed by atoms with Gasteiger partial charge in [0.25, 0.3) is 0 Å². The third-order valence-electron chi connectivity index (χ3n) is 4.25. The maximum absolute atomic E-state index is 11.3. The molecule has 0 aliphatic heterocycles. The van der Waals surface area contributed by atoms with Gasteiger partial charge in [-0.3, -0.25) is 4.79 Å². The second kappa shape index (κ2) is 5.01. The van der Waals surface area contributed by atoms with Crippen molar-refractivity contribution in [1.29, 1.82) is 0 Å². The molecular weight excluding hydrogens is 224 g/mol. The number of hydrogen-bond donors (Lipinski definition) is 2. The van der Waals surface area contributed by atoms with Gasteiger partial charge in [0, 0.05) is 23.0 Å². The Kier molecular flexibility index (Phi) is 3.60. The van der Waals surface area contributed by atoms with E-state index >= 15 is 0 Å². The lowest BCUT2D eigenvalue weighted by Gasteiger charge is -2.21. The molecule has 1 aliphatic carbocycles. The third kappa shape index (κ3) is 2.50. The molecule has 18 heavy (non-hydrogen) atoms. The van der Waals surface area contributed by atoms with Crippen molar-refractivity contribution >= 4 is 17.2 Å². The number of Topliss-reactive ketones (excluding diaryl/α,β-unsaturated/α-hetero) is 1. The lowest BCUT2D eigenvalue weighted by atomic mass is 9.97. The zero-order chi connectivity index (χ0) is 13.3. The van der Waals surface area contributed by atoms with Crippen molar-refractivity contribution in [1.82, 2.24) is 0 Å². The van der Waals surface area contributed by atoms with E-state index in [4.69, 9.17) is 5.73 Å². The summed E-state index contributed by atoms with van der Waals surface area (Å²) in [5.74, 6) is 1.47. The fourth-order valence-corrected chi connectivity index (χ4v) is 2.76. The highest BCUT2D eigenvalue weighted by Crippen LogP contribution is 2.33. The molecule has 0 aromatic heterocycles. The van der Waals surface area contributed by atoms with E-state index in [-0.39, 0.29) is 5.78 Å². The lowest BCUT2D eigenvalue weighted by Crippen LogP contribution is -2.24. The minimum Gasteiger partial charge on any atom is -0.398 e. The van der Waals surface area contributed by atoms with Gasteiger partial charge in [0.2, 0.25) is 0 Å². The molecule has 0 amide bonds. The fraction of sp³-hybridized carbons (Fsp3) is 0.533. The number of nitrogens with two attached hydrogens (primary N) is 1. The molecule has 0 spiro atoms. The predicted molar refractivity (Wildman–Crippen MR) is 75.8 cm³/mol. The summed E-state index contributed by atoms with van der Waals surface area (Å²) in [4.78, 5) is 11.3. The van der Waals surface area contributed by atoms with Crippen molar-refractivity contribution in [3.8, 4) is 0 Å². The smallest absolute Gasteiger partial charge is 0.161 e. The number of nitrogen functional groups attached to an aromatic ring is 1. The zero-order valence-electron chi connectivity index (χ0n) is 11.4. The standard InChI is InChI=1S/C15H22N2O/c1-9-4-7-15(10(9)2)17-12-5-6-13(11(3)18)14(16)8-12/h5-6,8-10,15,17H,4,7,16H2,1-3H3. The van der Waals surface area contributed by atoms with Crippen LogP contribution in [0.25, 0.3) is 0 Å². The van der Waals surface area contributed by atoms with E-state index in [0.29, 0.717) is 23.2 Å². The van der Waals surface area contributed by atoms with E-state index in [1.54, 1.807) is 6.92 Å². The van der Waals surface area contributed by atoms with Gasteiger partial charge in [0.05, 0.1) is 0 Å². The van der Waals surface area contributed by atoms with Crippen LogP contribution in [0.15, 0.2) is 18.2 Å². The second-order valence-electron chi connectivity index (χ2n) is 5.52. The molecule has 1 fully saturated rings. The Morgan fingerprint density at radius 3 is 2.56 bits per heavy atom. The van der Waals surface area contributed by atoms with E-state index in [9.17, 15) is 4.79 Å². The van der Waals surface area contributed by atoms with Crippen LogP contribution in [0, 0.1) is 11.8 Å². The summed E-state index contributed by atoms with van der Waals surface area (Å²) in [6, 6.07) is 6.14.